The van der Waals surface area contributed by atoms with Crippen LogP contribution in [0.1, 0.15) is 20.8 Å². The molecule has 0 bridgehead atoms. The number of rotatable bonds is 3. The number of hydrogen-bond donors (Lipinski definition) is 2. The van der Waals surface area contributed by atoms with E-state index in [2.05, 4.69) is 21.2 Å². The van der Waals surface area contributed by atoms with E-state index in [-0.39, 0.29) is 11.6 Å². The van der Waals surface area contributed by atoms with Crippen LogP contribution in [0.2, 0.25) is 0 Å². The van der Waals surface area contributed by atoms with Crippen LogP contribution in [0, 0.1) is 12.7 Å². The largest absolute Gasteiger partial charge is 0.396 e. The number of hydrogen-bond acceptors (Lipinski definition) is 3. The van der Waals surface area contributed by atoms with Crippen molar-refractivity contribution in [1.82, 2.24) is 5.32 Å². The molecule has 0 saturated carbocycles. The molecule has 0 fully saturated rings. The van der Waals surface area contributed by atoms with Crippen LogP contribution in [-0.2, 0) is 6.54 Å². The van der Waals surface area contributed by atoms with Gasteiger partial charge in [0.2, 0.25) is 0 Å². The topological polar surface area (TPSA) is 55.1 Å². The summed E-state index contributed by atoms with van der Waals surface area (Å²) >= 11 is 4.75. The molecule has 0 radical (unpaired) electrons. The Bertz CT molecular complexity index is 627. The number of carbonyl (C=O) groups is 1. The van der Waals surface area contributed by atoms with Crippen molar-refractivity contribution < 1.29 is 9.18 Å². The molecule has 1 aromatic heterocycles. The van der Waals surface area contributed by atoms with Crippen molar-refractivity contribution in [3.05, 3.63) is 49.9 Å². The van der Waals surface area contributed by atoms with E-state index in [0.717, 1.165) is 10.4 Å². The third kappa shape index (κ3) is 3.13. The molecule has 0 aliphatic rings. The number of nitrogens with one attached hydrogen (secondary N) is 1. The lowest BCUT2D eigenvalue weighted by Crippen LogP contribution is -2.23. The summed E-state index contributed by atoms with van der Waals surface area (Å²) in [5.74, 6) is -0.830. The zero-order valence-electron chi connectivity index (χ0n) is 10.2. The SMILES string of the molecule is Cc1ccsc1CNC(=O)c1cc(N)c(F)cc1Br. The molecule has 0 spiro atoms. The second-order valence-corrected chi connectivity index (χ2v) is 5.92. The number of halogens is 2. The van der Waals surface area contributed by atoms with E-state index in [9.17, 15) is 9.18 Å². The molecule has 2 rings (SSSR count). The molecular formula is C13H12BrFN2OS. The number of benzene rings is 1. The molecule has 0 atom stereocenters. The van der Waals surface area contributed by atoms with Crippen molar-refractivity contribution in [1.29, 1.82) is 0 Å². The Morgan fingerprint density at radius 3 is 2.89 bits per heavy atom. The fraction of sp³-hybridized carbons (Fsp3) is 0.154. The molecule has 0 aliphatic carbocycles. The highest BCUT2D eigenvalue weighted by atomic mass is 79.9. The monoisotopic (exact) mass is 342 g/mol. The van der Waals surface area contributed by atoms with Gasteiger partial charge in [-0.3, -0.25) is 4.79 Å². The quantitative estimate of drug-likeness (QED) is 0.839. The molecule has 1 amide bonds. The number of nitrogens with two attached hydrogens (primary N) is 1. The van der Waals surface area contributed by atoms with Gasteiger partial charge in [0.15, 0.2) is 0 Å². The van der Waals surface area contributed by atoms with Crippen molar-refractivity contribution in [3.63, 3.8) is 0 Å². The van der Waals surface area contributed by atoms with E-state index in [4.69, 9.17) is 5.73 Å². The van der Waals surface area contributed by atoms with Gasteiger partial charge >= 0.3 is 0 Å². The van der Waals surface area contributed by atoms with E-state index in [0.29, 0.717) is 16.6 Å². The zero-order chi connectivity index (χ0) is 14.0. The maximum Gasteiger partial charge on any atom is 0.252 e. The Morgan fingerprint density at radius 2 is 2.26 bits per heavy atom. The van der Waals surface area contributed by atoms with Gasteiger partial charge in [-0.25, -0.2) is 4.39 Å². The molecular weight excluding hydrogens is 331 g/mol. The van der Waals surface area contributed by atoms with Gasteiger partial charge in [-0.2, -0.15) is 0 Å². The Labute approximate surface area is 122 Å². The summed E-state index contributed by atoms with van der Waals surface area (Å²) in [6.07, 6.45) is 0. The lowest BCUT2D eigenvalue weighted by molar-refractivity contribution is 0.0950. The van der Waals surface area contributed by atoms with Crippen LogP contribution in [0.25, 0.3) is 0 Å². The first-order valence-electron chi connectivity index (χ1n) is 5.54. The number of amides is 1. The van der Waals surface area contributed by atoms with Crippen molar-refractivity contribution in [2.75, 3.05) is 5.73 Å². The first-order chi connectivity index (χ1) is 8.99. The second kappa shape index (κ2) is 5.71. The number of nitrogen functional groups attached to an aromatic ring is 1. The normalized spacial score (nSPS) is 10.5. The van der Waals surface area contributed by atoms with Crippen LogP contribution >= 0.6 is 27.3 Å². The molecule has 3 N–H and O–H groups in total. The summed E-state index contributed by atoms with van der Waals surface area (Å²) in [4.78, 5) is 13.1. The van der Waals surface area contributed by atoms with Crippen LogP contribution in [0.5, 0.6) is 0 Å². The smallest absolute Gasteiger partial charge is 0.252 e. The predicted octanol–water partition coefficient (Wildman–Crippen LogP) is 3.47. The maximum absolute atomic E-state index is 13.2. The number of anilines is 1. The number of carbonyl (C=O) groups excluding carboxylic acids is 1. The third-order valence-electron chi connectivity index (χ3n) is 2.71. The lowest BCUT2D eigenvalue weighted by Gasteiger charge is -2.08. The molecule has 0 unspecified atom stereocenters. The Kier molecular flexibility index (Phi) is 4.21. The average Bonchev–Trinajstić information content (AvgIpc) is 2.76. The minimum Gasteiger partial charge on any atom is -0.396 e. The van der Waals surface area contributed by atoms with Gasteiger partial charge in [-0.15, -0.1) is 11.3 Å². The molecule has 19 heavy (non-hydrogen) atoms. The molecule has 100 valence electrons. The number of aryl methyl sites for hydroxylation is 1. The fourth-order valence-corrected chi connectivity index (χ4v) is 2.92. The average molecular weight is 343 g/mol. The summed E-state index contributed by atoms with van der Waals surface area (Å²) in [6, 6.07) is 4.52. The first kappa shape index (κ1) is 14.0. The van der Waals surface area contributed by atoms with Crippen molar-refractivity contribution in [2.24, 2.45) is 0 Å². The minimum absolute atomic E-state index is 0.0411. The predicted molar refractivity (Wildman–Crippen MR) is 78.7 cm³/mol. The summed E-state index contributed by atoms with van der Waals surface area (Å²) < 4.78 is 13.6. The maximum atomic E-state index is 13.2. The van der Waals surface area contributed by atoms with Crippen molar-refractivity contribution in [2.45, 2.75) is 13.5 Å². The Hall–Kier alpha value is -1.40. The molecule has 6 heteroatoms. The van der Waals surface area contributed by atoms with Gasteiger partial charge in [0, 0.05) is 9.35 Å². The van der Waals surface area contributed by atoms with E-state index >= 15 is 0 Å². The highest BCUT2D eigenvalue weighted by Gasteiger charge is 2.13. The van der Waals surface area contributed by atoms with E-state index in [1.54, 1.807) is 11.3 Å². The van der Waals surface area contributed by atoms with E-state index in [1.165, 1.54) is 12.1 Å². The van der Waals surface area contributed by atoms with E-state index in [1.807, 2.05) is 18.4 Å². The third-order valence-corrected chi connectivity index (χ3v) is 4.39. The zero-order valence-corrected chi connectivity index (χ0v) is 12.6. The lowest BCUT2D eigenvalue weighted by atomic mass is 10.2. The van der Waals surface area contributed by atoms with Crippen molar-refractivity contribution >= 4 is 38.9 Å². The standard InChI is InChI=1S/C13H12BrFN2OS/c1-7-2-3-19-12(7)6-17-13(18)8-4-11(16)10(15)5-9(8)14/h2-5H,6,16H2,1H3,(H,17,18). The second-order valence-electron chi connectivity index (χ2n) is 4.06. The van der Waals surface area contributed by atoms with Crippen LogP contribution in [0.4, 0.5) is 10.1 Å². The van der Waals surface area contributed by atoms with Gasteiger partial charge in [0.25, 0.3) is 5.91 Å². The van der Waals surface area contributed by atoms with Crippen LogP contribution in [0.3, 0.4) is 0 Å². The molecule has 0 aliphatic heterocycles. The van der Waals surface area contributed by atoms with Gasteiger partial charge < -0.3 is 11.1 Å². The van der Waals surface area contributed by atoms with Crippen LogP contribution < -0.4 is 11.1 Å². The van der Waals surface area contributed by atoms with Gasteiger partial charge in [0.1, 0.15) is 5.82 Å². The highest BCUT2D eigenvalue weighted by Crippen LogP contribution is 2.23. The molecule has 2 aromatic rings. The summed E-state index contributed by atoms with van der Waals surface area (Å²) in [6.45, 7) is 2.44. The van der Waals surface area contributed by atoms with Crippen molar-refractivity contribution in [3.8, 4) is 0 Å². The van der Waals surface area contributed by atoms with Gasteiger partial charge in [0.05, 0.1) is 17.8 Å². The van der Waals surface area contributed by atoms with E-state index < -0.39 is 5.82 Å². The van der Waals surface area contributed by atoms with Gasteiger partial charge in [-0.05, 0) is 52.0 Å². The Morgan fingerprint density at radius 1 is 1.53 bits per heavy atom. The minimum atomic E-state index is -0.544. The molecule has 1 heterocycles. The first-order valence-corrected chi connectivity index (χ1v) is 7.22. The summed E-state index contributed by atoms with van der Waals surface area (Å²) in [5.41, 5.74) is 6.90. The Balaban J connectivity index is 2.12. The van der Waals surface area contributed by atoms with Crippen LogP contribution in [-0.4, -0.2) is 5.91 Å². The number of thiophene rings is 1. The summed E-state index contributed by atoms with van der Waals surface area (Å²) in [7, 11) is 0. The van der Waals surface area contributed by atoms with Gasteiger partial charge in [-0.1, -0.05) is 0 Å². The summed E-state index contributed by atoms with van der Waals surface area (Å²) in [5, 5.41) is 4.77. The fourth-order valence-electron chi connectivity index (χ4n) is 1.58. The van der Waals surface area contributed by atoms with Crippen LogP contribution in [0.15, 0.2) is 28.1 Å². The highest BCUT2D eigenvalue weighted by molar-refractivity contribution is 9.10. The molecule has 1 aromatic carbocycles. The molecule has 0 saturated heterocycles. The molecule has 3 nitrogen and oxygen atoms in total.